The molecule has 1 aliphatic rings. The number of rotatable bonds is 6. The second kappa shape index (κ2) is 9.43. The zero-order chi connectivity index (χ0) is 19.1. The van der Waals surface area contributed by atoms with Gasteiger partial charge in [-0.25, -0.2) is 4.79 Å². The third kappa shape index (κ3) is 5.62. The summed E-state index contributed by atoms with van der Waals surface area (Å²) < 4.78 is 5.79. The van der Waals surface area contributed by atoms with Gasteiger partial charge < -0.3 is 19.9 Å². The van der Waals surface area contributed by atoms with Crippen LogP contribution in [0.3, 0.4) is 0 Å². The third-order valence-corrected chi connectivity index (χ3v) is 4.47. The Balaban J connectivity index is 1.65. The van der Waals surface area contributed by atoms with Crippen LogP contribution in [0.1, 0.15) is 11.1 Å². The molecule has 1 aromatic carbocycles. The molecule has 0 unspecified atom stereocenters. The van der Waals surface area contributed by atoms with Gasteiger partial charge in [0, 0.05) is 40.3 Å². The number of ether oxygens (including phenoxy) is 1. The molecule has 0 aromatic heterocycles. The van der Waals surface area contributed by atoms with E-state index in [1.54, 1.807) is 19.0 Å². The molecule has 1 fully saturated rings. The highest BCUT2D eigenvalue weighted by atomic mass is 16.5. The van der Waals surface area contributed by atoms with Crippen molar-refractivity contribution in [2.24, 2.45) is 0 Å². The number of aryl methyl sites for hydroxylation is 2. The minimum absolute atomic E-state index is 0.0116. The van der Waals surface area contributed by atoms with Gasteiger partial charge in [-0.2, -0.15) is 0 Å². The lowest BCUT2D eigenvalue weighted by molar-refractivity contribution is -0.122. The highest BCUT2D eigenvalue weighted by molar-refractivity contribution is 5.78. The lowest BCUT2D eigenvalue weighted by atomic mass is 10.1. The average molecular weight is 362 g/mol. The van der Waals surface area contributed by atoms with Gasteiger partial charge >= 0.3 is 6.03 Å². The molecule has 1 N–H and O–H groups in total. The van der Waals surface area contributed by atoms with Crippen molar-refractivity contribution in [3.05, 3.63) is 29.3 Å². The lowest BCUT2D eigenvalue weighted by Gasteiger charge is -2.35. The molecule has 1 aromatic rings. The Kier molecular flexibility index (Phi) is 7.26. The van der Waals surface area contributed by atoms with Crippen LogP contribution in [0.4, 0.5) is 4.79 Å². The molecule has 0 saturated carbocycles. The van der Waals surface area contributed by atoms with E-state index in [-0.39, 0.29) is 11.9 Å². The Morgan fingerprint density at radius 3 is 2.31 bits per heavy atom. The van der Waals surface area contributed by atoms with Crippen LogP contribution < -0.4 is 10.1 Å². The van der Waals surface area contributed by atoms with Gasteiger partial charge in [-0.3, -0.25) is 9.69 Å². The molecule has 0 aliphatic carbocycles. The van der Waals surface area contributed by atoms with E-state index < -0.39 is 0 Å². The summed E-state index contributed by atoms with van der Waals surface area (Å²) in [5.74, 6) is 0.880. The zero-order valence-corrected chi connectivity index (χ0v) is 16.2. The molecule has 0 spiro atoms. The first kappa shape index (κ1) is 20.0. The van der Waals surface area contributed by atoms with Crippen molar-refractivity contribution in [3.8, 4) is 5.75 Å². The van der Waals surface area contributed by atoms with Crippen LogP contribution in [-0.4, -0.2) is 86.6 Å². The summed E-state index contributed by atoms with van der Waals surface area (Å²) in [6, 6.07) is 6.06. The first-order valence-corrected chi connectivity index (χ1v) is 9.02. The minimum atomic E-state index is -0.0116. The Morgan fingerprint density at radius 2 is 1.73 bits per heavy atom. The summed E-state index contributed by atoms with van der Waals surface area (Å²) in [7, 11) is 3.51. The van der Waals surface area contributed by atoms with E-state index in [4.69, 9.17) is 4.74 Å². The van der Waals surface area contributed by atoms with E-state index in [0.29, 0.717) is 45.9 Å². The molecular weight excluding hydrogens is 332 g/mol. The molecule has 7 heteroatoms. The van der Waals surface area contributed by atoms with Crippen LogP contribution in [0.2, 0.25) is 0 Å². The largest absolute Gasteiger partial charge is 0.491 e. The van der Waals surface area contributed by atoms with Crippen LogP contribution in [0.5, 0.6) is 5.75 Å². The molecule has 0 atom stereocenters. The molecule has 144 valence electrons. The van der Waals surface area contributed by atoms with Gasteiger partial charge in [-0.05, 0) is 25.0 Å². The van der Waals surface area contributed by atoms with Crippen molar-refractivity contribution in [2.75, 3.05) is 60.0 Å². The number of nitrogens with one attached hydrogen (secondary N) is 1. The van der Waals surface area contributed by atoms with Gasteiger partial charge in [-0.15, -0.1) is 0 Å². The highest BCUT2D eigenvalue weighted by Gasteiger charge is 2.23. The molecular formula is C19H30N4O3. The molecule has 26 heavy (non-hydrogen) atoms. The number of para-hydroxylation sites is 1. The van der Waals surface area contributed by atoms with Gasteiger partial charge in [0.15, 0.2) is 0 Å². The van der Waals surface area contributed by atoms with Crippen molar-refractivity contribution in [3.63, 3.8) is 0 Å². The Morgan fingerprint density at radius 1 is 1.12 bits per heavy atom. The predicted molar refractivity (Wildman–Crippen MR) is 102 cm³/mol. The van der Waals surface area contributed by atoms with E-state index in [0.717, 1.165) is 16.9 Å². The number of nitrogens with zero attached hydrogens (tertiary/aromatic N) is 3. The Hall–Kier alpha value is -2.28. The molecule has 1 saturated heterocycles. The second-order valence-electron chi connectivity index (χ2n) is 6.86. The van der Waals surface area contributed by atoms with Crippen LogP contribution >= 0.6 is 0 Å². The zero-order valence-electron chi connectivity index (χ0n) is 16.2. The standard InChI is InChI=1S/C19H30N4O3/c1-15-6-5-7-16(2)18(15)26-13-8-20-17(24)14-22-9-11-23(12-10-22)19(25)21(3)4/h5-7H,8-14H2,1-4H3,(H,20,24). The maximum absolute atomic E-state index is 12.1. The number of piperazine rings is 1. The smallest absolute Gasteiger partial charge is 0.319 e. The Bertz CT molecular complexity index is 605. The predicted octanol–water partition coefficient (Wildman–Crippen LogP) is 1.10. The van der Waals surface area contributed by atoms with Crippen LogP contribution in [-0.2, 0) is 4.79 Å². The third-order valence-electron chi connectivity index (χ3n) is 4.47. The lowest BCUT2D eigenvalue weighted by Crippen LogP contribution is -2.53. The normalized spacial score (nSPS) is 14.8. The molecule has 0 radical (unpaired) electrons. The second-order valence-corrected chi connectivity index (χ2v) is 6.86. The van der Waals surface area contributed by atoms with Gasteiger partial charge in [0.25, 0.3) is 0 Å². The summed E-state index contributed by atoms with van der Waals surface area (Å²) in [6.07, 6.45) is 0. The number of urea groups is 1. The fourth-order valence-electron chi connectivity index (χ4n) is 3.01. The molecule has 0 bridgehead atoms. The number of carbonyl (C=O) groups excluding carboxylic acids is 2. The van der Waals surface area contributed by atoms with Crippen molar-refractivity contribution < 1.29 is 14.3 Å². The number of benzene rings is 1. The number of hydrogen-bond donors (Lipinski definition) is 1. The van der Waals surface area contributed by atoms with Crippen molar-refractivity contribution in [1.82, 2.24) is 20.0 Å². The van der Waals surface area contributed by atoms with Crippen LogP contribution in [0.25, 0.3) is 0 Å². The quantitative estimate of drug-likeness (QED) is 0.770. The Labute approximate surface area is 155 Å². The number of carbonyl (C=O) groups is 2. The van der Waals surface area contributed by atoms with E-state index in [2.05, 4.69) is 10.2 Å². The van der Waals surface area contributed by atoms with Crippen LogP contribution in [0.15, 0.2) is 18.2 Å². The molecule has 3 amide bonds. The summed E-state index contributed by atoms with van der Waals surface area (Å²) in [6.45, 7) is 8.04. The molecule has 1 heterocycles. The maximum Gasteiger partial charge on any atom is 0.319 e. The number of hydrogen-bond acceptors (Lipinski definition) is 4. The van der Waals surface area contributed by atoms with Gasteiger partial charge in [-0.1, -0.05) is 18.2 Å². The minimum Gasteiger partial charge on any atom is -0.491 e. The van der Waals surface area contributed by atoms with Crippen molar-refractivity contribution in [2.45, 2.75) is 13.8 Å². The fourth-order valence-corrected chi connectivity index (χ4v) is 3.01. The van der Waals surface area contributed by atoms with E-state index in [9.17, 15) is 9.59 Å². The van der Waals surface area contributed by atoms with Crippen LogP contribution in [0, 0.1) is 13.8 Å². The SMILES string of the molecule is Cc1cccc(C)c1OCCNC(=O)CN1CCN(C(=O)N(C)C)CC1. The van der Waals surface area contributed by atoms with Crippen molar-refractivity contribution >= 4 is 11.9 Å². The summed E-state index contributed by atoms with van der Waals surface area (Å²) in [4.78, 5) is 29.5. The molecule has 2 rings (SSSR count). The van der Waals surface area contributed by atoms with Gasteiger partial charge in [0.2, 0.25) is 5.91 Å². The fraction of sp³-hybridized carbons (Fsp3) is 0.579. The van der Waals surface area contributed by atoms with Gasteiger partial charge in [0.1, 0.15) is 12.4 Å². The van der Waals surface area contributed by atoms with E-state index in [1.807, 2.05) is 36.9 Å². The monoisotopic (exact) mass is 362 g/mol. The molecule has 7 nitrogen and oxygen atoms in total. The first-order chi connectivity index (χ1) is 12.4. The summed E-state index contributed by atoms with van der Waals surface area (Å²) >= 11 is 0. The number of amides is 3. The topological polar surface area (TPSA) is 65.1 Å². The molecule has 1 aliphatic heterocycles. The maximum atomic E-state index is 12.1. The van der Waals surface area contributed by atoms with E-state index in [1.165, 1.54) is 0 Å². The van der Waals surface area contributed by atoms with E-state index >= 15 is 0 Å². The summed E-state index contributed by atoms with van der Waals surface area (Å²) in [5.41, 5.74) is 2.20. The first-order valence-electron chi connectivity index (χ1n) is 9.02. The van der Waals surface area contributed by atoms with Gasteiger partial charge in [0.05, 0.1) is 13.1 Å². The highest BCUT2D eigenvalue weighted by Crippen LogP contribution is 2.21. The summed E-state index contributed by atoms with van der Waals surface area (Å²) in [5, 5.41) is 2.90. The van der Waals surface area contributed by atoms with Crippen molar-refractivity contribution in [1.29, 1.82) is 0 Å². The average Bonchev–Trinajstić information content (AvgIpc) is 2.60.